The van der Waals surface area contributed by atoms with Gasteiger partial charge in [0.15, 0.2) is 0 Å². The summed E-state index contributed by atoms with van der Waals surface area (Å²) in [6, 6.07) is 34.5. The van der Waals surface area contributed by atoms with Gasteiger partial charge in [-0.05, 0) is 133 Å². The van der Waals surface area contributed by atoms with Crippen molar-refractivity contribution in [3.8, 4) is 77.0 Å². The smallest absolute Gasteiger partial charge is 0.130 e. The first kappa shape index (κ1) is 55.7. The van der Waals surface area contributed by atoms with Crippen molar-refractivity contribution in [2.75, 3.05) is 19.8 Å². The van der Waals surface area contributed by atoms with Crippen LogP contribution < -0.4 is 14.2 Å². The molecule has 1 aliphatic carbocycles. The minimum absolute atomic E-state index is 0.176. The highest BCUT2D eigenvalue weighted by Crippen LogP contribution is 2.58. The Balaban J connectivity index is 1.30. The van der Waals surface area contributed by atoms with Crippen molar-refractivity contribution in [3.05, 3.63) is 124 Å². The van der Waals surface area contributed by atoms with E-state index >= 15 is 0 Å². The number of nitriles is 1. The summed E-state index contributed by atoms with van der Waals surface area (Å²) in [4.78, 5) is 5.11. The van der Waals surface area contributed by atoms with Gasteiger partial charge in [-0.2, -0.15) is 5.26 Å². The molecule has 4 aromatic heterocycles. The first-order valence-electron chi connectivity index (χ1n) is 28.8. The largest absolute Gasteiger partial charge is 0.493 e. The molecule has 0 N–H and O–H groups in total. The van der Waals surface area contributed by atoms with Crippen LogP contribution in [0.2, 0.25) is 0 Å². The van der Waals surface area contributed by atoms with E-state index in [-0.39, 0.29) is 5.41 Å². The zero-order valence-electron chi connectivity index (χ0n) is 46.9. The summed E-state index contributed by atoms with van der Waals surface area (Å²) in [5, 5.41) is 9.69. The molecular formula is C68H84N2O3S2. The third-order valence-corrected chi connectivity index (χ3v) is 17.9. The van der Waals surface area contributed by atoms with E-state index in [1.54, 1.807) is 0 Å². The molecular weight excluding hydrogens is 957 g/mol. The Kier molecular flexibility index (Phi) is 19.7. The number of aryl methyl sites for hydroxylation is 1. The number of hydrogen-bond acceptors (Lipinski definition) is 6. The topological polar surface area (TPSA) is 55.9 Å². The molecule has 0 spiro atoms. The van der Waals surface area contributed by atoms with Crippen molar-refractivity contribution < 1.29 is 14.2 Å². The molecule has 396 valence electrons. The molecule has 0 radical (unpaired) electrons. The van der Waals surface area contributed by atoms with E-state index in [1.807, 2.05) is 35.7 Å². The van der Waals surface area contributed by atoms with Crippen molar-refractivity contribution >= 4 is 34.3 Å². The van der Waals surface area contributed by atoms with Gasteiger partial charge in [0.25, 0.3) is 0 Å². The summed E-state index contributed by atoms with van der Waals surface area (Å²) < 4.78 is 22.2. The molecule has 4 heterocycles. The Bertz CT molecular complexity index is 3060. The number of thiophene rings is 2. The molecule has 7 aromatic rings. The Morgan fingerprint density at radius 3 is 1.89 bits per heavy atom. The van der Waals surface area contributed by atoms with Crippen molar-refractivity contribution in [1.29, 1.82) is 5.26 Å². The van der Waals surface area contributed by atoms with E-state index in [0.717, 1.165) is 89.7 Å². The molecule has 0 saturated heterocycles. The summed E-state index contributed by atoms with van der Waals surface area (Å²) in [6.07, 6.45) is 24.1. The predicted octanol–water partition coefficient (Wildman–Crippen LogP) is 20.9. The van der Waals surface area contributed by atoms with E-state index in [4.69, 9.17) is 14.2 Å². The summed E-state index contributed by atoms with van der Waals surface area (Å²) in [7, 11) is 0. The normalized spacial score (nSPS) is 13.3. The Morgan fingerprint density at radius 2 is 1.24 bits per heavy atom. The molecule has 1 aliphatic rings. The Hall–Kier alpha value is -5.55. The molecule has 75 heavy (non-hydrogen) atoms. The van der Waals surface area contributed by atoms with E-state index in [9.17, 15) is 5.26 Å². The number of unbranched alkanes of at least 4 members (excludes halogenated alkanes) is 10. The number of pyridine rings is 1. The lowest BCUT2D eigenvalue weighted by atomic mass is 9.83. The maximum atomic E-state index is 9.69. The summed E-state index contributed by atoms with van der Waals surface area (Å²) in [5.74, 6) is 3.27. The van der Waals surface area contributed by atoms with Crippen LogP contribution in [0.5, 0.6) is 17.2 Å². The first-order valence-corrected chi connectivity index (χ1v) is 30.4. The molecule has 0 amide bonds. The van der Waals surface area contributed by atoms with E-state index in [1.165, 1.54) is 142 Å². The lowest BCUT2D eigenvalue weighted by Gasteiger charge is -2.19. The highest BCUT2D eigenvalue weighted by Gasteiger charge is 2.40. The number of hydrogen-bond donors (Lipinski definition) is 0. The van der Waals surface area contributed by atoms with Crippen LogP contribution in [-0.4, -0.2) is 24.2 Å². The van der Waals surface area contributed by atoms with Gasteiger partial charge in [0, 0.05) is 54.6 Å². The van der Waals surface area contributed by atoms with Crippen LogP contribution in [0.4, 0.5) is 0 Å². The van der Waals surface area contributed by atoms with Gasteiger partial charge in [-0.3, -0.25) is 0 Å². The average Bonchev–Trinajstić information content (AvgIpc) is 4.20. The third kappa shape index (κ3) is 13.0. The maximum Gasteiger partial charge on any atom is 0.130 e. The van der Waals surface area contributed by atoms with Gasteiger partial charge in [-0.1, -0.05) is 168 Å². The minimum atomic E-state index is -0.176. The molecule has 0 bridgehead atoms. The monoisotopic (exact) mass is 1040 g/mol. The quantitative estimate of drug-likeness (QED) is 0.0346. The number of benzene rings is 3. The van der Waals surface area contributed by atoms with Crippen molar-refractivity contribution in [1.82, 2.24) is 4.40 Å². The average molecular weight is 1040 g/mol. The number of nitrogens with zero attached hydrogens (tertiary/aromatic N) is 2. The molecule has 1 unspecified atom stereocenters. The van der Waals surface area contributed by atoms with E-state index in [0.29, 0.717) is 12.5 Å². The Labute approximate surface area is 459 Å². The molecule has 3 aromatic carbocycles. The van der Waals surface area contributed by atoms with Crippen LogP contribution in [0.15, 0.2) is 96.7 Å². The van der Waals surface area contributed by atoms with Gasteiger partial charge >= 0.3 is 0 Å². The van der Waals surface area contributed by atoms with Gasteiger partial charge in [-0.15, -0.1) is 22.7 Å². The standard InChI is InChI=1S/C68H84N2O3S2/c1-10-15-19-22-36-71-53-31-33-55(62(43-53)73-38-24-21-17-12-3)50-27-29-51(30-28-50)64-57(41-49(14-5)25-18-13-4)60-42-52(56-32-26-47(6)40-61(56)72-37-23-20-16-11-2)34-35-70(60)65(64)63-45-59-67(75-63)66-58(68(59,8)9)44-54(74-66)39-48(7)46-69/h26-35,39-40,42-45,49H,10-25,36-38,41H2,1-9H3/b48-39-. The fourth-order valence-electron chi connectivity index (χ4n) is 11.0. The molecule has 0 aliphatic heterocycles. The molecule has 0 fully saturated rings. The molecule has 0 saturated carbocycles. The maximum absolute atomic E-state index is 9.69. The number of rotatable bonds is 29. The van der Waals surface area contributed by atoms with Gasteiger partial charge in [0.1, 0.15) is 17.2 Å². The minimum Gasteiger partial charge on any atom is -0.493 e. The zero-order chi connectivity index (χ0) is 52.9. The fourth-order valence-corrected chi connectivity index (χ4v) is 13.9. The van der Waals surface area contributed by atoms with Crippen molar-refractivity contribution in [2.45, 2.75) is 177 Å². The molecule has 8 rings (SSSR count). The number of ether oxygens (including phenoxy) is 3. The number of allylic oxidation sites excluding steroid dienone is 1. The SMILES string of the molecule is CCCCCCOc1ccc(-c2ccc(-c3c(CC(CC)CCCC)c4cc(-c5ccc(C)cc5OCCCCCC)ccn4c3-c3cc4c(s3)-c3sc(/C=C(/C)C#N)cc3C4(C)C)cc2)c(OCCCCCC)c1. The highest BCUT2D eigenvalue weighted by atomic mass is 32.1. The van der Waals surface area contributed by atoms with Crippen molar-refractivity contribution in [2.24, 2.45) is 5.92 Å². The van der Waals surface area contributed by atoms with E-state index < -0.39 is 0 Å². The summed E-state index contributed by atoms with van der Waals surface area (Å²) in [5.41, 5.74) is 15.5. The number of fused-ring (bicyclic) bond motifs is 4. The highest BCUT2D eigenvalue weighted by molar-refractivity contribution is 7.24. The fraction of sp³-hybridized carbons (Fsp3) is 0.456. The van der Waals surface area contributed by atoms with Crippen LogP contribution in [-0.2, 0) is 11.8 Å². The summed E-state index contributed by atoms with van der Waals surface area (Å²) >= 11 is 3.75. The lowest BCUT2D eigenvalue weighted by Crippen LogP contribution is -2.13. The second-order valence-corrected chi connectivity index (χ2v) is 23.9. The van der Waals surface area contributed by atoms with Crippen molar-refractivity contribution in [3.63, 3.8) is 0 Å². The van der Waals surface area contributed by atoms with Gasteiger partial charge in [0.05, 0.1) is 42.0 Å². The second kappa shape index (κ2) is 26.5. The molecule has 1 atom stereocenters. The summed E-state index contributed by atoms with van der Waals surface area (Å²) in [6.45, 7) is 22.4. The second-order valence-electron chi connectivity index (χ2n) is 21.8. The van der Waals surface area contributed by atoms with Crippen LogP contribution in [0.3, 0.4) is 0 Å². The first-order chi connectivity index (χ1) is 36.5. The van der Waals surface area contributed by atoms with Crippen LogP contribution in [0.1, 0.15) is 185 Å². The van der Waals surface area contributed by atoms with Crippen LogP contribution in [0.25, 0.3) is 65.3 Å². The third-order valence-electron chi connectivity index (χ3n) is 15.5. The van der Waals surface area contributed by atoms with Gasteiger partial charge < -0.3 is 18.6 Å². The van der Waals surface area contributed by atoms with Gasteiger partial charge in [0.2, 0.25) is 0 Å². The predicted molar refractivity (Wildman–Crippen MR) is 322 cm³/mol. The zero-order valence-corrected chi connectivity index (χ0v) is 48.5. The van der Waals surface area contributed by atoms with Gasteiger partial charge in [-0.25, -0.2) is 0 Å². The molecule has 7 heteroatoms. The van der Waals surface area contributed by atoms with E-state index in [2.05, 4.69) is 157 Å². The number of aromatic nitrogens is 1. The van der Waals surface area contributed by atoms with Crippen LogP contribution >= 0.6 is 22.7 Å². The van der Waals surface area contributed by atoms with Crippen LogP contribution in [0, 0.1) is 24.2 Å². The lowest BCUT2D eigenvalue weighted by molar-refractivity contribution is 0.291. The Morgan fingerprint density at radius 1 is 0.640 bits per heavy atom. The molecule has 5 nitrogen and oxygen atoms in total.